The summed E-state index contributed by atoms with van der Waals surface area (Å²) in [7, 11) is 0. The second-order valence-electron chi connectivity index (χ2n) is 4.94. The van der Waals surface area contributed by atoms with Crippen molar-refractivity contribution in [2.45, 2.75) is 19.3 Å². The molecule has 103 valence electrons. The van der Waals surface area contributed by atoms with Gasteiger partial charge in [0.2, 0.25) is 0 Å². The Morgan fingerprint density at radius 1 is 0.952 bits per heavy atom. The fourth-order valence-electron chi connectivity index (χ4n) is 2.51. The highest BCUT2D eigenvalue weighted by molar-refractivity contribution is 5.54. The van der Waals surface area contributed by atoms with Crippen LogP contribution in [0.2, 0.25) is 0 Å². The summed E-state index contributed by atoms with van der Waals surface area (Å²) in [5.41, 5.74) is 4.09. The number of nitrogens with zero attached hydrogens (tertiary/aromatic N) is 2. The Kier molecular flexibility index (Phi) is 4.06. The number of pyridine rings is 2. The minimum Gasteiger partial charge on any atom is -0.255 e. The molecule has 1 aromatic carbocycles. The van der Waals surface area contributed by atoms with Crippen molar-refractivity contribution in [3.8, 4) is 11.4 Å². The van der Waals surface area contributed by atoms with Crippen molar-refractivity contribution in [3.05, 3.63) is 84.2 Å². The average Bonchev–Trinajstić information content (AvgIpc) is 2.58. The summed E-state index contributed by atoms with van der Waals surface area (Å²) < 4.78 is 0. The van der Waals surface area contributed by atoms with Gasteiger partial charge in [-0.1, -0.05) is 43.3 Å². The summed E-state index contributed by atoms with van der Waals surface area (Å²) in [6.45, 7) is 2.18. The van der Waals surface area contributed by atoms with Gasteiger partial charge in [-0.15, -0.1) is 0 Å². The molecular weight excluding hydrogens is 256 g/mol. The Morgan fingerprint density at radius 2 is 1.81 bits per heavy atom. The van der Waals surface area contributed by atoms with Crippen LogP contribution in [0.1, 0.15) is 30.5 Å². The maximum Gasteiger partial charge on any atom is 0.0889 e. The summed E-state index contributed by atoms with van der Waals surface area (Å²) in [5.74, 6) is 0.273. The second-order valence-corrected chi connectivity index (χ2v) is 4.94. The first-order valence-corrected chi connectivity index (χ1v) is 7.23. The summed E-state index contributed by atoms with van der Waals surface area (Å²) >= 11 is 0. The first-order chi connectivity index (χ1) is 10.4. The number of benzene rings is 1. The number of hydrogen-bond donors (Lipinski definition) is 0. The van der Waals surface area contributed by atoms with Gasteiger partial charge in [0.25, 0.3) is 0 Å². The Balaban J connectivity index is 1.99. The molecule has 2 nitrogen and oxygen atoms in total. The van der Waals surface area contributed by atoms with Gasteiger partial charge >= 0.3 is 0 Å². The smallest absolute Gasteiger partial charge is 0.0889 e. The summed E-state index contributed by atoms with van der Waals surface area (Å²) in [5, 5.41) is 0. The molecule has 0 fully saturated rings. The first-order valence-electron chi connectivity index (χ1n) is 7.23. The minimum absolute atomic E-state index is 0.273. The van der Waals surface area contributed by atoms with E-state index in [4.69, 9.17) is 4.98 Å². The van der Waals surface area contributed by atoms with E-state index in [0.29, 0.717) is 0 Å². The normalized spacial score (nSPS) is 12.0. The van der Waals surface area contributed by atoms with Crippen LogP contribution in [-0.4, -0.2) is 9.97 Å². The van der Waals surface area contributed by atoms with E-state index in [9.17, 15) is 0 Å². The topological polar surface area (TPSA) is 25.8 Å². The first kappa shape index (κ1) is 13.5. The van der Waals surface area contributed by atoms with Gasteiger partial charge in [-0.25, -0.2) is 0 Å². The summed E-state index contributed by atoms with van der Waals surface area (Å²) in [6.07, 6.45) is 2.80. The van der Waals surface area contributed by atoms with Crippen LogP contribution < -0.4 is 0 Å². The monoisotopic (exact) mass is 273 g/mol. The van der Waals surface area contributed by atoms with E-state index in [2.05, 4.69) is 42.2 Å². The molecule has 21 heavy (non-hydrogen) atoms. The molecule has 1 unspecified atom stereocenters. The molecular formula is C19H17N2. The van der Waals surface area contributed by atoms with E-state index in [-0.39, 0.29) is 5.92 Å². The van der Waals surface area contributed by atoms with E-state index in [0.717, 1.165) is 23.5 Å². The third-order valence-electron chi connectivity index (χ3n) is 3.57. The van der Waals surface area contributed by atoms with Gasteiger partial charge in [0.1, 0.15) is 0 Å². The van der Waals surface area contributed by atoms with Crippen LogP contribution in [-0.2, 0) is 0 Å². The SMILES string of the molecule is CCC(c1[c]cccc1)c1cccc(-c2ccccn2)n1. The van der Waals surface area contributed by atoms with Crippen molar-refractivity contribution >= 4 is 0 Å². The van der Waals surface area contributed by atoms with Crippen LogP contribution in [0.25, 0.3) is 11.4 Å². The van der Waals surface area contributed by atoms with Crippen molar-refractivity contribution in [1.82, 2.24) is 9.97 Å². The quantitative estimate of drug-likeness (QED) is 0.700. The fraction of sp³-hybridized carbons (Fsp3) is 0.158. The van der Waals surface area contributed by atoms with E-state index in [1.807, 2.05) is 36.4 Å². The molecule has 0 saturated heterocycles. The molecule has 3 aromatic rings. The van der Waals surface area contributed by atoms with Crippen molar-refractivity contribution in [3.63, 3.8) is 0 Å². The van der Waals surface area contributed by atoms with Gasteiger partial charge in [-0.3, -0.25) is 9.97 Å². The van der Waals surface area contributed by atoms with Crippen LogP contribution in [0, 0.1) is 6.07 Å². The Morgan fingerprint density at radius 3 is 2.52 bits per heavy atom. The molecule has 0 aliphatic rings. The molecule has 1 radical (unpaired) electrons. The lowest BCUT2D eigenvalue weighted by molar-refractivity contribution is 0.749. The zero-order chi connectivity index (χ0) is 14.5. The number of hydrogen-bond acceptors (Lipinski definition) is 2. The molecule has 0 N–H and O–H groups in total. The Labute approximate surface area is 125 Å². The number of aromatic nitrogens is 2. The molecule has 1 atom stereocenters. The van der Waals surface area contributed by atoms with Crippen molar-refractivity contribution in [1.29, 1.82) is 0 Å². The third-order valence-corrected chi connectivity index (χ3v) is 3.57. The molecule has 2 aromatic heterocycles. The predicted molar refractivity (Wildman–Crippen MR) is 84.9 cm³/mol. The summed E-state index contributed by atoms with van der Waals surface area (Å²) in [6, 6.07) is 23.5. The van der Waals surface area contributed by atoms with E-state index >= 15 is 0 Å². The maximum atomic E-state index is 4.81. The van der Waals surface area contributed by atoms with E-state index in [1.165, 1.54) is 5.56 Å². The molecule has 0 bridgehead atoms. The summed E-state index contributed by atoms with van der Waals surface area (Å²) in [4.78, 5) is 9.19. The molecule has 0 saturated carbocycles. The van der Waals surface area contributed by atoms with Crippen LogP contribution >= 0.6 is 0 Å². The van der Waals surface area contributed by atoms with Crippen molar-refractivity contribution < 1.29 is 0 Å². The average molecular weight is 273 g/mol. The predicted octanol–water partition coefficient (Wildman–Crippen LogP) is 4.49. The highest BCUT2D eigenvalue weighted by Crippen LogP contribution is 2.27. The van der Waals surface area contributed by atoms with Gasteiger partial charge in [-0.2, -0.15) is 0 Å². The third kappa shape index (κ3) is 3.00. The van der Waals surface area contributed by atoms with Gasteiger partial charge in [-0.05, 0) is 42.3 Å². The van der Waals surface area contributed by atoms with Gasteiger partial charge in [0.15, 0.2) is 0 Å². The van der Waals surface area contributed by atoms with Gasteiger partial charge < -0.3 is 0 Å². The Bertz CT molecular complexity index is 693. The van der Waals surface area contributed by atoms with Crippen LogP contribution in [0.15, 0.2) is 66.9 Å². The van der Waals surface area contributed by atoms with E-state index in [1.54, 1.807) is 6.20 Å². The van der Waals surface area contributed by atoms with Gasteiger partial charge in [0, 0.05) is 17.8 Å². The minimum atomic E-state index is 0.273. The number of rotatable bonds is 4. The van der Waals surface area contributed by atoms with Crippen molar-refractivity contribution in [2.24, 2.45) is 0 Å². The molecule has 0 amide bonds. The van der Waals surface area contributed by atoms with Crippen LogP contribution in [0.5, 0.6) is 0 Å². The van der Waals surface area contributed by atoms with Crippen LogP contribution in [0.4, 0.5) is 0 Å². The van der Waals surface area contributed by atoms with Crippen molar-refractivity contribution in [2.75, 3.05) is 0 Å². The lowest BCUT2D eigenvalue weighted by atomic mass is 9.92. The zero-order valence-corrected chi connectivity index (χ0v) is 12.0. The van der Waals surface area contributed by atoms with Crippen LogP contribution in [0.3, 0.4) is 0 Å². The lowest BCUT2D eigenvalue weighted by Gasteiger charge is -2.15. The highest BCUT2D eigenvalue weighted by atomic mass is 14.8. The fourth-order valence-corrected chi connectivity index (χ4v) is 2.51. The second kappa shape index (κ2) is 6.31. The molecule has 2 heteroatoms. The molecule has 0 aliphatic heterocycles. The highest BCUT2D eigenvalue weighted by Gasteiger charge is 2.14. The Hall–Kier alpha value is -2.48. The standard InChI is InChI=1S/C19H17N2/c1-2-16(15-9-4-3-5-10-15)17-12-8-13-19(21-17)18-11-6-7-14-20-18/h3-9,11-14,16H,2H2,1H3. The lowest BCUT2D eigenvalue weighted by Crippen LogP contribution is -2.03. The zero-order valence-electron chi connectivity index (χ0n) is 12.0. The largest absolute Gasteiger partial charge is 0.255 e. The molecule has 2 heterocycles. The maximum absolute atomic E-state index is 4.81. The molecule has 0 aliphatic carbocycles. The molecule has 0 spiro atoms. The van der Waals surface area contributed by atoms with Gasteiger partial charge in [0.05, 0.1) is 11.4 Å². The molecule has 3 rings (SSSR count). The van der Waals surface area contributed by atoms with E-state index < -0.39 is 0 Å².